The Morgan fingerprint density at radius 3 is 2.36 bits per heavy atom. The zero-order chi connectivity index (χ0) is 20.5. The lowest BCUT2D eigenvalue weighted by molar-refractivity contribution is -0.187. The van der Waals surface area contributed by atoms with Crippen LogP contribution in [-0.4, -0.2) is 30.0 Å². The smallest absolute Gasteiger partial charge is 0.430 e. The Kier molecular flexibility index (Phi) is 5.22. The molecule has 0 bridgehead atoms. The van der Waals surface area contributed by atoms with Crippen molar-refractivity contribution in [3.8, 4) is 23.0 Å². The molecule has 28 heavy (non-hydrogen) atoms. The van der Waals surface area contributed by atoms with Crippen molar-refractivity contribution in [2.75, 3.05) is 6.61 Å². The summed E-state index contributed by atoms with van der Waals surface area (Å²) < 4.78 is 55.9. The molecule has 1 unspecified atom stereocenters. The van der Waals surface area contributed by atoms with Gasteiger partial charge in [0.05, 0.1) is 12.2 Å². The summed E-state index contributed by atoms with van der Waals surface area (Å²) in [5, 5.41) is 9.09. The number of alkyl halides is 3. The quantitative estimate of drug-likeness (QED) is 0.775. The van der Waals surface area contributed by atoms with E-state index in [4.69, 9.17) is 19.3 Å². The summed E-state index contributed by atoms with van der Waals surface area (Å²) in [4.78, 5) is 11.2. The van der Waals surface area contributed by atoms with Gasteiger partial charge in [0.15, 0.2) is 0 Å². The van der Waals surface area contributed by atoms with Gasteiger partial charge in [-0.05, 0) is 56.3 Å². The molecule has 1 N–H and O–H groups in total. The first-order valence-electron chi connectivity index (χ1n) is 8.43. The summed E-state index contributed by atoms with van der Waals surface area (Å²) in [7, 11) is 0. The van der Waals surface area contributed by atoms with Gasteiger partial charge in [0.25, 0.3) is 0 Å². The summed E-state index contributed by atoms with van der Waals surface area (Å²) in [6, 6.07) is 9.78. The van der Waals surface area contributed by atoms with Crippen molar-refractivity contribution in [2.24, 2.45) is 0 Å². The molecule has 5 nitrogen and oxygen atoms in total. The van der Waals surface area contributed by atoms with Gasteiger partial charge in [-0.1, -0.05) is 0 Å². The first-order valence-corrected chi connectivity index (χ1v) is 8.43. The number of carbonyl (C=O) groups is 1. The third-order valence-corrected chi connectivity index (χ3v) is 4.12. The summed E-state index contributed by atoms with van der Waals surface area (Å²) in [6.07, 6.45) is -6.43. The number of fused-ring (bicyclic) bond motifs is 1. The number of aliphatic carboxylic acids is 1. The topological polar surface area (TPSA) is 65.0 Å². The third-order valence-electron chi connectivity index (χ3n) is 4.12. The van der Waals surface area contributed by atoms with E-state index in [1.165, 1.54) is 6.07 Å². The van der Waals surface area contributed by atoms with Gasteiger partial charge in [0.2, 0.25) is 6.10 Å². The van der Waals surface area contributed by atoms with Gasteiger partial charge in [-0.15, -0.1) is 0 Å². The minimum absolute atomic E-state index is 0.0595. The molecule has 2 aromatic carbocycles. The highest BCUT2D eigenvalue weighted by molar-refractivity contribution is 5.95. The monoisotopic (exact) mass is 394 g/mol. The fourth-order valence-electron chi connectivity index (χ4n) is 2.81. The van der Waals surface area contributed by atoms with E-state index in [2.05, 4.69) is 0 Å². The first-order chi connectivity index (χ1) is 13.2. The second-order valence-corrected chi connectivity index (χ2v) is 6.06. The van der Waals surface area contributed by atoms with Crippen molar-refractivity contribution in [3.63, 3.8) is 0 Å². The lowest BCUT2D eigenvalue weighted by Gasteiger charge is -2.28. The summed E-state index contributed by atoms with van der Waals surface area (Å²) in [6.45, 7) is 3.93. The normalized spacial score (nSPS) is 15.9. The first kappa shape index (κ1) is 19.6. The molecule has 0 saturated heterocycles. The van der Waals surface area contributed by atoms with E-state index in [9.17, 15) is 18.0 Å². The van der Waals surface area contributed by atoms with Gasteiger partial charge in [-0.2, -0.15) is 13.2 Å². The summed E-state index contributed by atoms with van der Waals surface area (Å²) in [5.74, 6) is -0.303. The predicted molar refractivity (Wildman–Crippen MR) is 94.9 cm³/mol. The maximum atomic E-state index is 13.3. The molecule has 0 radical (unpaired) electrons. The molecule has 0 aliphatic carbocycles. The van der Waals surface area contributed by atoms with Crippen molar-refractivity contribution in [2.45, 2.75) is 26.1 Å². The lowest BCUT2D eigenvalue weighted by Crippen LogP contribution is -2.40. The molecule has 0 fully saturated rings. The Labute approximate surface area is 159 Å². The molecule has 0 amide bonds. The van der Waals surface area contributed by atoms with Crippen LogP contribution in [-0.2, 0) is 4.79 Å². The Bertz CT molecular complexity index is 917. The number of carboxylic acid groups (broad SMARTS) is 1. The maximum Gasteiger partial charge on any atom is 0.430 e. The van der Waals surface area contributed by atoms with Crippen LogP contribution >= 0.6 is 0 Å². The highest BCUT2D eigenvalue weighted by Crippen LogP contribution is 2.42. The Morgan fingerprint density at radius 2 is 1.79 bits per heavy atom. The minimum Gasteiger partial charge on any atom is -0.494 e. The minimum atomic E-state index is -4.86. The van der Waals surface area contributed by atoms with Gasteiger partial charge >= 0.3 is 12.1 Å². The second kappa shape index (κ2) is 7.46. The Morgan fingerprint density at radius 1 is 1.14 bits per heavy atom. The van der Waals surface area contributed by atoms with Gasteiger partial charge in [-0.3, -0.25) is 0 Å². The van der Waals surface area contributed by atoms with Crippen LogP contribution in [0.5, 0.6) is 23.0 Å². The van der Waals surface area contributed by atoms with Crippen LogP contribution in [0.1, 0.15) is 18.1 Å². The van der Waals surface area contributed by atoms with Crippen LogP contribution in [0.2, 0.25) is 0 Å². The van der Waals surface area contributed by atoms with E-state index < -0.39 is 23.8 Å². The Hall–Kier alpha value is -3.16. The Balaban J connectivity index is 1.93. The van der Waals surface area contributed by atoms with E-state index >= 15 is 0 Å². The van der Waals surface area contributed by atoms with Crippen LogP contribution in [0, 0.1) is 6.92 Å². The van der Waals surface area contributed by atoms with Crippen molar-refractivity contribution >= 4 is 12.0 Å². The van der Waals surface area contributed by atoms with Crippen molar-refractivity contribution in [1.29, 1.82) is 0 Å². The molecular formula is C20H17F3O5. The number of hydrogen-bond acceptors (Lipinski definition) is 4. The van der Waals surface area contributed by atoms with E-state index in [1.54, 1.807) is 37.3 Å². The number of benzene rings is 2. The average molecular weight is 394 g/mol. The fourth-order valence-corrected chi connectivity index (χ4v) is 2.81. The van der Waals surface area contributed by atoms with E-state index in [1.807, 2.05) is 6.92 Å². The van der Waals surface area contributed by atoms with E-state index in [0.717, 1.165) is 6.08 Å². The fraction of sp³-hybridized carbons (Fsp3) is 0.250. The SMILES string of the molecule is CCOc1ccc(Oc2ccc3c(c2C)OC(C(F)(F)F)C(C(=O)O)=C3)cc1. The zero-order valence-corrected chi connectivity index (χ0v) is 15.0. The number of ether oxygens (including phenoxy) is 3. The number of halogens is 3. The summed E-state index contributed by atoms with van der Waals surface area (Å²) >= 11 is 0. The van der Waals surface area contributed by atoms with Crippen molar-refractivity contribution in [1.82, 2.24) is 0 Å². The zero-order valence-electron chi connectivity index (χ0n) is 15.0. The van der Waals surface area contributed by atoms with Crippen molar-refractivity contribution in [3.05, 3.63) is 53.1 Å². The molecule has 2 aromatic rings. The van der Waals surface area contributed by atoms with Gasteiger partial charge < -0.3 is 19.3 Å². The highest BCUT2D eigenvalue weighted by atomic mass is 19.4. The standard InChI is InChI=1S/C20H17F3O5/c1-3-26-13-5-7-14(8-6-13)27-16-9-4-12-10-15(19(24)25)18(20(21,22)23)28-17(12)11(16)2/h4-10,18H,3H2,1-2H3,(H,24,25). The second-order valence-electron chi connectivity index (χ2n) is 6.06. The number of hydrogen-bond donors (Lipinski definition) is 1. The number of rotatable bonds is 5. The molecule has 8 heteroatoms. The van der Waals surface area contributed by atoms with Crippen LogP contribution < -0.4 is 14.2 Å². The van der Waals surface area contributed by atoms with Crippen molar-refractivity contribution < 1.29 is 37.3 Å². The molecule has 0 saturated carbocycles. The van der Waals surface area contributed by atoms with Crippen LogP contribution in [0.15, 0.2) is 42.0 Å². The molecular weight excluding hydrogens is 377 g/mol. The molecule has 1 aliphatic rings. The van der Waals surface area contributed by atoms with Crippen LogP contribution in [0.3, 0.4) is 0 Å². The molecule has 1 atom stereocenters. The molecule has 1 heterocycles. The molecule has 148 valence electrons. The molecule has 3 rings (SSSR count). The number of carboxylic acids is 1. The maximum absolute atomic E-state index is 13.3. The predicted octanol–water partition coefficient (Wildman–Crippen LogP) is 4.98. The highest BCUT2D eigenvalue weighted by Gasteiger charge is 2.48. The molecule has 1 aliphatic heterocycles. The van der Waals surface area contributed by atoms with Crippen LogP contribution in [0.4, 0.5) is 13.2 Å². The average Bonchev–Trinajstić information content (AvgIpc) is 2.64. The van der Waals surface area contributed by atoms with Crippen LogP contribution in [0.25, 0.3) is 6.08 Å². The van der Waals surface area contributed by atoms with E-state index in [0.29, 0.717) is 29.4 Å². The molecule has 0 aromatic heterocycles. The largest absolute Gasteiger partial charge is 0.494 e. The van der Waals surface area contributed by atoms with Gasteiger partial charge in [-0.25, -0.2) is 4.79 Å². The van der Waals surface area contributed by atoms with E-state index in [-0.39, 0.29) is 11.3 Å². The molecule has 0 spiro atoms. The lowest BCUT2D eigenvalue weighted by atomic mass is 9.99. The third kappa shape index (κ3) is 3.90. The van der Waals surface area contributed by atoms with Gasteiger partial charge in [0, 0.05) is 11.1 Å². The van der Waals surface area contributed by atoms with Gasteiger partial charge in [0.1, 0.15) is 23.0 Å². The summed E-state index contributed by atoms with van der Waals surface area (Å²) in [5.41, 5.74) is -0.282.